The number of pyridine rings is 1. The van der Waals surface area contributed by atoms with Gasteiger partial charge in [0.2, 0.25) is 5.91 Å². The van der Waals surface area contributed by atoms with Crippen LogP contribution >= 0.6 is 12.2 Å². The second-order valence-electron chi connectivity index (χ2n) is 8.84. The average Bonchev–Trinajstić information content (AvgIpc) is 3.62. The molecule has 4 aromatic rings. The van der Waals surface area contributed by atoms with Gasteiger partial charge in [-0.1, -0.05) is 6.07 Å². The van der Waals surface area contributed by atoms with Gasteiger partial charge in [0, 0.05) is 35.9 Å². The fourth-order valence-corrected chi connectivity index (χ4v) is 5.29. The number of nitrogens with zero attached hydrogens (tertiary/aromatic N) is 6. The molecule has 1 amide bonds. The molecule has 0 bridgehead atoms. The molecular formula is C26H28N8O3S. The number of aromatic nitrogens is 5. The molecule has 0 spiro atoms. The molecule has 0 saturated carbocycles. The van der Waals surface area contributed by atoms with Gasteiger partial charge in [0.1, 0.15) is 25.0 Å². The minimum Gasteiger partial charge on any atom is -0.495 e. The molecule has 2 atom stereocenters. The minimum atomic E-state index is -0.287. The number of thiocarbonyl (C=S) groups is 1. The van der Waals surface area contributed by atoms with E-state index in [0.717, 1.165) is 28.3 Å². The highest BCUT2D eigenvalue weighted by Gasteiger charge is 2.42. The van der Waals surface area contributed by atoms with Crippen LogP contribution in [0.1, 0.15) is 34.7 Å². The van der Waals surface area contributed by atoms with E-state index >= 15 is 0 Å². The van der Waals surface area contributed by atoms with Gasteiger partial charge in [-0.3, -0.25) is 14.5 Å². The van der Waals surface area contributed by atoms with Crippen molar-refractivity contribution in [3.8, 4) is 5.75 Å². The Hall–Kier alpha value is -4.29. The van der Waals surface area contributed by atoms with E-state index < -0.39 is 0 Å². The summed E-state index contributed by atoms with van der Waals surface area (Å²) in [5.41, 5.74) is 5.24. The maximum absolute atomic E-state index is 12.3. The van der Waals surface area contributed by atoms with Crippen molar-refractivity contribution in [1.82, 2.24) is 29.9 Å². The Labute approximate surface area is 225 Å². The number of rotatable bonds is 8. The first kappa shape index (κ1) is 25.4. The van der Waals surface area contributed by atoms with Crippen LogP contribution in [-0.4, -0.2) is 56.4 Å². The van der Waals surface area contributed by atoms with Crippen molar-refractivity contribution in [3.63, 3.8) is 0 Å². The van der Waals surface area contributed by atoms with Crippen molar-refractivity contribution < 1.29 is 14.3 Å². The largest absolute Gasteiger partial charge is 0.495 e. The smallest absolute Gasteiger partial charge is 0.250 e. The summed E-state index contributed by atoms with van der Waals surface area (Å²) < 4.78 is 14.4. The monoisotopic (exact) mass is 532 g/mol. The zero-order valence-electron chi connectivity index (χ0n) is 21.5. The lowest BCUT2D eigenvalue weighted by atomic mass is 9.96. The lowest BCUT2D eigenvalue weighted by Crippen LogP contribution is -2.30. The van der Waals surface area contributed by atoms with E-state index in [1.54, 1.807) is 26.0 Å². The number of carbonyl (C=O) groups excluding carboxylic acids is 1. The highest BCUT2D eigenvalue weighted by atomic mass is 32.1. The molecule has 1 aliphatic rings. The number of anilines is 2. The first-order valence-corrected chi connectivity index (χ1v) is 12.3. The number of benzene rings is 1. The lowest BCUT2D eigenvalue weighted by molar-refractivity contribution is -0.119. The number of carbonyl (C=O) groups is 1. The quantitative estimate of drug-likeness (QED) is 0.331. The third-order valence-electron chi connectivity index (χ3n) is 6.50. The third-order valence-corrected chi connectivity index (χ3v) is 6.81. The summed E-state index contributed by atoms with van der Waals surface area (Å²) in [4.78, 5) is 19.0. The van der Waals surface area contributed by atoms with Crippen molar-refractivity contribution in [3.05, 3.63) is 84.0 Å². The standard InChI is InChI=1S/C26H28N8O3S/c1-16-11-19(17(2)34(16)32-14-28-29-15-32)25-24(20-7-5-6-10-27-20)31-26(38)33(25)18-8-9-22(37-4)21(12-18)30-23(35)13-36-3/h5-12,14-15,24-25H,13H2,1-4H3,(H,30,35)(H,31,38)/t24-,25+/m0/s1. The van der Waals surface area contributed by atoms with Crippen molar-refractivity contribution in [2.45, 2.75) is 25.9 Å². The van der Waals surface area contributed by atoms with E-state index in [0.29, 0.717) is 16.5 Å². The Balaban J connectivity index is 1.64. The Bertz CT molecular complexity index is 1450. The highest BCUT2D eigenvalue weighted by Crippen LogP contribution is 2.44. The van der Waals surface area contributed by atoms with Crippen molar-refractivity contribution in [1.29, 1.82) is 0 Å². The predicted octanol–water partition coefficient (Wildman–Crippen LogP) is 3.17. The number of hydrogen-bond donors (Lipinski definition) is 2. The first-order chi connectivity index (χ1) is 18.4. The van der Waals surface area contributed by atoms with Gasteiger partial charge in [0.25, 0.3) is 0 Å². The Morgan fingerprint density at radius 2 is 1.92 bits per heavy atom. The van der Waals surface area contributed by atoms with E-state index in [2.05, 4.69) is 48.4 Å². The minimum absolute atomic E-state index is 0.0729. The zero-order valence-corrected chi connectivity index (χ0v) is 22.3. The van der Waals surface area contributed by atoms with E-state index in [4.69, 9.17) is 21.7 Å². The molecule has 0 radical (unpaired) electrons. The molecule has 196 valence electrons. The molecule has 38 heavy (non-hydrogen) atoms. The van der Waals surface area contributed by atoms with E-state index in [1.165, 1.54) is 7.11 Å². The third kappa shape index (κ3) is 4.59. The number of nitrogens with one attached hydrogen (secondary N) is 2. The molecule has 12 heteroatoms. The summed E-state index contributed by atoms with van der Waals surface area (Å²) >= 11 is 5.89. The van der Waals surface area contributed by atoms with Crippen LogP contribution in [0.4, 0.5) is 11.4 Å². The van der Waals surface area contributed by atoms with E-state index in [-0.39, 0.29) is 24.6 Å². The maximum Gasteiger partial charge on any atom is 0.250 e. The van der Waals surface area contributed by atoms with E-state index in [9.17, 15) is 4.79 Å². The maximum atomic E-state index is 12.3. The second kappa shape index (κ2) is 10.6. The summed E-state index contributed by atoms with van der Waals surface area (Å²) in [6.07, 6.45) is 5.10. The number of amides is 1. The molecular weight excluding hydrogens is 504 g/mol. The van der Waals surface area contributed by atoms with Gasteiger partial charge in [-0.05, 0) is 62.5 Å². The van der Waals surface area contributed by atoms with Crippen molar-refractivity contribution in [2.75, 3.05) is 31.0 Å². The summed E-state index contributed by atoms with van der Waals surface area (Å²) in [5.74, 6) is 0.241. The van der Waals surface area contributed by atoms with Gasteiger partial charge < -0.3 is 25.0 Å². The average molecular weight is 533 g/mol. The number of ether oxygens (including phenoxy) is 2. The van der Waals surface area contributed by atoms with Crippen LogP contribution in [0.25, 0.3) is 0 Å². The normalized spacial score (nSPS) is 16.9. The van der Waals surface area contributed by atoms with Gasteiger partial charge in [0.15, 0.2) is 5.11 Å². The Morgan fingerprint density at radius 3 is 2.61 bits per heavy atom. The molecule has 1 saturated heterocycles. The topological polar surface area (TPSA) is 111 Å². The van der Waals surface area contributed by atoms with Crippen LogP contribution in [0.3, 0.4) is 0 Å². The molecule has 11 nitrogen and oxygen atoms in total. The fourth-order valence-electron chi connectivity index (χ4n) is 4.94. The van der Waals surface area contributed by atoms with Gasteiger partial charge in [0.05, 0.1) is 30.6 Å². The van der Waals surface area contributed by atoms with Gasteiger partial charge in [-0.15, -0.1) is 10.2 Å². The van der Waals surface area contributed by atoms with Crippen molar-refractivity contribution in [2.24, 2.45) is 0 Å². The summed E-state index contributed by atoms with van der Waals surface area (Å²) in [7, 11) is 3.03. The molecule has 1 aromatic carbocycles. The number of hydrogen-bond acceptors (Lipinski definition) is 7. The fraction of sp³-hybridized carbons (Fsp3) is 0.269. The molecule has 1 fully saturated rings. The Morgan fingerprint density at radius 1 is 1.13 bits per heavy atom. The summed E-state index contributed by atoms with van der Waals surface area (Å²) in [5, 5.41) is 14.8. The molecule has 5 rings (SSSR count). The van der Waals surface area contributed by atoms with Crippen LogP contribution in [0.5, 0.6) is 5.75 Å². The predicted molar refractivity (Wildman–Crippen MR) is 146 cm³/mol. The molecule has 1 aliphatic heterocycles. The summed E-state index contributed by atoms with van der Waals surface area (Å²) in [6.45, 7) is 4.02. The van der Waals surface area contributed by atoms with Crippen LogP contribution in [0.2, 0.25) is 0 Å². The van der Waals surface area contributed by atoms with E-state index in [1.807, 2.05) is 48.0 Å². The van der Waals surface area contributed by atoms with Crippen LogP contribution in [-0.2, 0) is 9.53 Å². The second-order valence-corrected chi connectivity index (χ2v) is 9.23. The zero-order chi connectivity index (χ0) is 26.8. The molecule has 4 heterocycles. The van der Waals surface area contributed by atoms with Crippen LogP contribution in [0, 0.1) is 13.8 Å². The number of aryl methyl sites for hydroxylation is 1. The molecule has 0 unspecified atom stereocenters. The molecule has 3 aromatic heterocycles. The first-order valence-electron chi connectivity index (χ1n) is 11.9. The van der Waals surface area contributed by atoms with Crippen LogP contribution < -0.4 is 20.3 Å². The van der Waals surface area contributed by atoms with Gasteiger partial charge in [-0.2, -0.15) is 0 Å². The number of methoxy groups -OCH3 is 2. The van der Waals surface area contributed by atoms with Gasteiger partial charge in [-0.25, -0.2) is 4.68 Å². The van der Waals surface area contributed by atoms with Gasteiger partial charge >= 0.3 is 0 Å². The Kier molecular flexibility index (Phi) is 7.07. The van der Waals surface area contributed by atoms with Crippen LogP contribution in [0.15, 0.2) is 61.3 Å². The summed E-state index contributed by atoms with van der Waals surface area (Å²) in [6, 6.07) is 13.1. The van der Waals surface area contributed by atoms with Crippen molar-refractivity contribution >= 4 is 34.6 Å². The SMILES string of the molecule is COCC(=O)Nc1cc(N2C(=S)N[C@@H](c3ccccn3)[C@H]2c2cc(C)n(-n3cnnc3)c2C)ccc1OC. The lowest BCUT2D eigenvalue weighted by Gasteiger charge is -2.29. The highest BCUT2D eigenvalue weighted by molar-refractivity contribution is 7.80. The molecule has 0 aliphatic carbocycles. The molecule has 2 N–H and O–H groups in total.